The van der Waals surface area contributed by atoms with Crippen LogP contribution in [0.5, 0.6) is 0 Å². The number of hydrogen-bond donors (Lipinski definition) is 4. The summed E-state index contributed by atoms with van der Waals surface area (Å²) in [6.45, 7) is 7.62. The lowest BCUT2D eigenvalue weighted by molar-refractivity contribution is -0.136. The Morgan fingerprint density at radius 1 is 0.783 bits per heavy atom. The van der Waals surface area contributed by atoms with Gasteiger partial charge in [0, 0.05) is 48.9 Å². The molecule has 3 aromatic heterocycles. The van der Waals surface area contributed by atoms with Crippen LogP contribution in [-0.4, -0.2) is 112 Å². The molecular formula is C45H55N9O6. The summed E-state index contributed by atoms with van der Waals surface area (Å²) < 4.78 is 15.3. The quantitative estimate of drug-likeness (QED) is 0.102. The number of hydrogen-bond acceptors (Lipinski definition) is 10. The zero-order valence-corrected chi connectivity index (χ0v) is 34.8. The van der Waals surface area contributed by atoms with Gasteiger partial charge in [-0.25, -0.2) is 24.5 Å². The van der Waals surface area contributed by atoms with E-state index in [0.29, 0.717) is 32.6 Å². The number of pyridine rings is 1. The van der Waals surface area contributed by atoms with Crippen LogP contribution in [-0.2, 0) is 19.0 Å². The first-order chi connectivity index (χ1) is 29.2. The van der Waals surface area contributed by atoms with E-state index in [-0.39, 0.29) is 35.9 Å². The highest BCUT2D eigenvalue weighted by atomic mass is 16.5. The minimum atomic E-state index is -0.681. The third-order valence-electron chi connectivity index (χ3n) is 12.4. The summed E-state index contributed by atoms with van der Waals surface area (Å²) in [6, 6.07) is 17.9. The summed E-state index contributed by atoms with van der Waals surface area (Å²) in [5.41, 5.74) is 6.60. The molecule has 3 aliphatic heterocycles. The normalized spacial score (nSPS) is 19.7. The van der Waals surface area contributed by atoms with E-state index >= 15 is 0 Å². The zero-order valence-electron chi connectivity index (χ0n) is 34.8. The van der Waals surface area contributed by atoms with Crippen molar-refractivity contribution in [3.63, 3.8) is 0 Å². The third-order valence-corrected chi connectivity index (χ3v) is 12.4. The Balaban J connectivity index is 0.929. The number of rotatable bonds is 12. The highest BCUT2D eigenvalue weighted by Gasteiger charge is 2.40. The second-order valence-electron chi connectivity index (χ2n) is 16.4. The number of H-pyrrole nitrogens is 2. The van der Waals surface area contributed by atoms with Gasteiger partial charge >= 0.3 is 12.2 Å². The van der Waals surface area contributed by atoms with Gasteiger partial charge in [-0.05, 0) is 80.7 Å². The number of aromatic nitrogens is 5. The molecule has 0 aliphatic carbocycles. The first kappa shape index (κ1) is 41.0. The molecule has 3 aliphatic rings. The number of alkyl carbamates (subject to hydrolysis) is 2. The van der Waals surface area contributed by atoms with Crippen molar-refractivity contribution in [3.8, 4) is 33.8 Å². The van der Waals surface area contributed by atoms with Crippen molar-refractivity contribution in [2.24, 2.45) is 11.8 Å². The molecule has 4 unspecified atom stereocenters. The van der Waals surface area contributed by atoms with Gasteiger partial charge in [0.1, 0.15) is 17.7 Å². The van der Waals surface area contributed by atoms with Crippen molar-refractivity contribution in [2.45, 2.75) is 76.5 Å². The Labute approximate surface area is 350 Å². The highest BCUT2D eigenvalue weighted by molar-refractivity contribution is 5.87. The molecule has 6 heterocycles. The number of carbonyl (C=O) groups excluding carboxylic acids is 3. The number of nitrogens with one attached hydrogen (secondary N) is 4. The topological polar surface area (TPSA) is 180 Å². The van der Waals surface area contributed by atoms with E-state index in [1.54, 1.807) is 0 Å². The van der Waals surface area contributed by atoms with Crippen LogP contribution in [0.1, 0.15) is 76.1 Å². The molecule has 0 saturated carbocycles. The first-order valence-corrected chi connectivity index (χ1v) is 21.1. The van der Waals surface area contributed by atoms with Crippen LogP contribution in [0.25, 0.3) is 44.7 Å². The molecule has 15 heteroatoms. The molecule has 2 aromatic carbocycles. The second-order valence-corrected chi connectivity index (χ2v) is 16.4. The maximum atomic E-state index is 14.0. The number of methoxy groups -OCH3 is 2. The molecular weight excluding hydrogens is 763 g/mol. The van der Waals surface area contributed by atoms with E-state index in [4.69, 9.17) is 29.2 Å². The predicted octanol–water partition coefficient (Wildman–Crippen LogP) is 7.01. The number of carbonyl (C=O) groups is 3. The molecule has 3 amide bonds. The molecule has 316 valence electrons. The number of nitrogens with zero attached hydrogens (tertiary/aromatic N) is 5. The van der Waals surface area contributed by atoms with Crippen LogP contribution in [0.3, 0.4) is 0 Å². The lowest BCUT2D eigenvalue weighted by Gasteiger charge is -2.34. The largest absolute Gasteiger partial charge is 0.453 e. The predicted molar refractivity (Wildman–Crippen MR) is 227 cm³/mol. The van der Waals surface area contributed by atoms with Gasteiger partial charge in [-0.15, -0.1) is 0 Å². The van der Waals surface area contributed by atoms with Crippen LogP contribution >= 0.6 is 0 Å². The van der Waals surface area contributed by atoms with Crippen LogP contribution in [0.4, 0.5) is 9.59 Å². The monoisotopic (exact) mass is 817 g/mol. The van der Waals surface area contributed by atoms with Gasteiger partial charge in [-0.1, -0.05) is 50.2 Å². The molecule has 0 spiro atoms. The van der Waals surface area contributed by atoms with E-state index < -0.39 is 18.2 Å². The Kier molecular flexibility index (Phi) is 12.4. The standard InChI is InChI=1S/C45H55N9O6/c1-27(2)37(51-44(56)58-3)26-53-19-5-7-38(53)41-46-24-35(49-41)29-11-9-28(10-12-29)33-15-13-31-23-32(14-16-34(31)48-33)36-25-47-42(50-36)39-8-6-20-54(39)43(55)40(52-45(57)59-4)30-17-21-60-22-18-30/h9-16,23-25,27,30,37-40H,5-8,17-22,26H2,1-4H3,(H,46,49)(H,47,50)(H,51,56)(H,52,57). The van der Waals surface area contributed by atoms with Crippen molar-refractivity contribution in [1.29, 1.82) is 0 Å². The molecule has 4 N–H and O–H groups in total. The lowest BCUT2D eigenvalue weighted by Crippen LogP contribution is -2.53. The Bertz CT molecular complexity index is 2280. The molecule has 0 radical (unpaired) electrons. The summed E-state index contributed by atoms with van der Waals surface area (Å²) >= 11 is 0. The fraction of sp³-hybridized carbons (Fsp3) is 0.467. The average molecular weight is 818 g/mol. The summed E-state index contributed by atoms with van der Waals surface area (Å²) in [6.07, 6.45) is 7.81. The van der Waals surface area contributed by atoms with Gasteiger partial charge in [0.2, 0.25) is 5.91 Å². The first-order valence-electron chi connectivity index (χ1n) is 21.1. The van der Waals surface area contributed by atoms with Crippen LogP contribution in [0, 0.1) is 11.8 Å². The Hall–Kier alpha value is -5.80. The fourth-order valence-corrected chi connectivity index (χ4v) is 8.93. The maximum Gasteiger partial charge on any atom is 0.407 e. The SMILES string of the molecule is COC(=O)NC(CN1CCCC1c1ncc(-c2ccc(-c3ccc4cc(-c5cnc(C6CCCN6C(=O)C(NC(=O)OC)C6CCOCC6)[nH]5)ccc4n3)cc2)[nH]1)C(C)C. The number of imidazole rings is 2. The maximum absolute atomic E-state index is 14.0. The zero-order chi connectivity index (χ0) is 41.8. The fourth-order valence-electron chi connectivity index (χ4n) is 8.93. The van der Waals surface area contributed by atoms with Crippen LogP contribution in [0.2, 0.25) is 0 Å². The van der Waals surface area contributed by atoms with Crippen molar-refractivity contribution >= 4 is 29.0 Å². The number of benzene rings is 2. The van der Waals surface area contributed by atoms with Gasteiger partial charge in [0.15, 0.2) is 0 Å². The number of ether oxygens (including phenoxy) is 3. The third kappa shape index (κ3) is 8.87. The minimum absolute atomic E-state index is 0.0231. The molecule has 8 rings (SSSR count). The van der Waals surface area contributed by atoms with Gasteiger partial charge in [-0.3, -0.25) is 9.69 Å². The van der Waals surface area contributed by atoms with Crippen molar-refractivity contribution in [2.75, 3.05) is 47.1 Å². The summed E-state index contributed by atoms with van der Waals surface area (Å²) in [4.78, 5) is 64.1. The van der Waals surface area contributed by atoms with E-state index in [1.807, 2.05) is 35.5 Å². The highest BCUT2D eigenvalue weighted by Crippen LogP contribution is 2.35. The van der Waals surface area contributed by atoms with Crippen molar-refractivity contribution < 1.29 is 28.6 Å². The van der Waals surface area contributed by atoms with E-state index in [0.717, 1.165) is 95.1 Å². The summed E-state index contributed by atoms with van der Waals surface area (Å²) in [7, 11) is 2.71. The molecule has 3 fully saturated rings. The van der Waals surface area contributed by atoms with E-state index in [2.05, 4.69) is 75.7 Å². The smallest absolute Gasteiger partial charge is 0.407 e. The molecule has 0 bridgehead atoms. The summed E-state index contributed by atoms with van der Waals surface area (Å²) in [5, 5.41) is 6.82. The molecule has 15 nitrogen and oxygen atoms in total. The minimum Gasteiger partial charge on any atom is -0.453 e. The van der Waals surface area contributed by atoms with Crippen molar-refractivity contribution in [1.82, 2.24) is 45.4 Å². The van der Waals surface area contributed by atoms with Crippen LogP contribution < -0.4 is 10.6 Å². The molecule has 5 aromatic rings. The summed E-state index contributed by atoms with van der Waals surface area (Å²) in [5.74, 6) is 1.80. The number of aromatic amines is 2. The second kappa shape index (κ2) is 18.2. The van der Waals surface area contributed by atoms with Crippen molar-refractivity contribution in [3.05, 3.63) is 78.6 Å². The van der Waals surface area contributed by atoms with Gasteiger partial charge in [0.05, 0.1) is 61.3 Å². The molecule has 60 heavy (non-hydrogen) atoms. The number of fused-ring (bicyclic) bond motifs is 1. The van der Waals surface area contributed by atoms with E-state index in [1.165, 1.54) is 14.2 Å². The van der Waals surface area contributed by atoms with Gasteiger partial charge in [-0.2, -0.15) is 0 Å². The lowest BCUT2D eigenvalue weighted by atomic mass is 9.90. The number of likely N-dealkylation sites (tertiary alicyclic amines) is 2. The molecule has 4 atom stereocenters. The van der Waals surface area contributed by atoms with Gasteiger partial charge < -0.3 is 39.7 Å². The Morgan fingerprint density at radius 3 is 2.13 bits per heavy atom. The number of amides is 3. The molecule has 3 saturated heterocycles. The Morgan fingerprint density at radius 2 is 1.42 bits per heavy atom. The van der Waals surface area contributed by atoms with E-state index in [9.17, 15) is 14.4 Å². The average Bonchev–Trinajstić information content (AvgIpc) is 4.13. The van der Waals surface area contributed by atoms with Gasteiger partial charge in [0.25, 0.3) is 0 Å². The van der Waals surface area contributed by atoms with Crippen LogP contribution in [0.15, 0.2) is 67.0 Å².